The second-order valence-corrected chi connectivity index (χ2v) is 5.13. The van der Waals surface area contributed by atoms with Crippen LogP contribution in [0.2, 0.25) is 0 Å². The van der Waals surface area contributed by atoms with Crippen LogP contribution in [0.3, 0.4) is 0 Å². The zero-order valence-corrected chi connectivity index (χ0v) is 12.0. The number of amides is 2. The highest BCUT2D eigenvalue weighted by Gasteiger charge is 2.22. The first-order chi connectivity index (χ1) is 10.4. The lowest BCUT2D eigenvalue weighted by atomic mass is 10.2. The fourth-order valence-electron chi connectivity index (χ4n) is 2.12. The van der Waals surface area contributed by atoms with Gasteiger partial charge < -0.3 is 15.1 Å². The Morgan fingerprint density at radius 2 is 1.73 bits per heavy atom. The van der Waals surface area contributed by atoms with E-state index in [9.17, 15) is 22.8 Å². The van der Waals surface area contributed by atoms with Gasteiger partial charge >= 0.3 is 0 Å². The van der Waals surface area contributed by atoms with E-state index in [-0.39, 0.29) is 5.91 Å². The minimum Gasteiger partial charge on any atom is -0.340 e. The van der Waals surface area contributed by atoms with Crippen LogP contribution in [0, 0.1) is 17.5 Å². The molecule has 2 rings (SSSR count). The van der Waals surface area contributed by atoms with Gasteiger partial charge in [-0.3, -0.25) is 9.59 Å². The molecule has 1 aromatic carbocycles. The van der Waals surface area contributed by atoms with E-state index in [1.54, 1.807) is 4.90 Å². The Morgan fingerprint density at radius 3 is 2.36 bits per heavy atom. The molecule has 5 nitrogen and oxygen atoms in total. The Balaban J connectivity index is 1.93. The van der Waals surface area contributed by atoms with Crippen molar-refractivity contribution in [2.75, 3.05) is 38.5 Å². The molecule has 0 spiro atoms. The first-order valence-electron chi connectivity index (χ1n) is 6.78. The molecule has 0 saturated carbocycles. The number of hydrogen-bond acceptors (Lipinski definition) is 3. The lowest BCUT2D eigenvalue weighted by Gasteiger charge is -2.32. The van der Waals surface area contributed by atoms with Gasteiger partial charge in [0, 0.05) is 26.2 Å². The van der Waals surface area contributed by atoms with Crippen molar-refractivity contribution in [3.63, 3.8) is 0 Å². The molecule has 0 radical (unpaired) electrons. The first-order valence-corrected chi connectivity index (χ1v) is 6.78. The van der Waals surface area contributed by atoms with Crippen LogP contribution in [-0.4, -0.2) is 54.8 Å². The van der Waals surface area contributed by atoms with E-state index >= 15 is 0 Å². The quantitative estimate of drug-likeness (QED) is 0.674. The largest absolute Gasteiger partial charge is 0.340 e. The smallest absolute Gasteiger partial charge is 0.233 e. The SMILES string of the molecule is CN1CCN(C(=O)CC(=O)Nc2ccc(F)c(F)c2F)CC1. The van der Waals surface area contributed by atoms with E-state index in [1.807, 2.05) is 7.05 Å². The molecule has 1 aliphatic heterocycles. The molecule has 120 valence electrons. The predicted octanol–water partition coefficient (Wildman–Crippen LogP) is 1.21. The van der Waals surface area contributed by atoms with Crippen molar-refractivity contribution >= 4 is 17.5 Å². The van der Waals surface area contributed by atoms with E-state index in [0.717, 1.165) is 6.07 Å². The van der Waals surface area contributed by atoms with Crippen LogP contribution in [0.5, 0.6) is 0 Å². The van der Waals surface area contributed by atoms with Gasteiger partial charge in [-0.05, 0) is 19.2 Å². The summed E-state index contributed by atoms with van der Waals surface area (Å²) in [5.41, 5.74) is -0.491. The molecule has 1 heterocycles. The van der Waals surface area contributed by atoms with Crippen molar-refractivity contribution in [3.8, 4) is 0 Å². The van der Waals surface area contributed by atoms with Gasteiger partial charge in [-0.2, -0.15) is 0 Å². The summed E-state index contributed by atoms with van der Waals surface area (Å²) in [6.45, 7) is 2.46. The second-order valence-electron chi connectivity index (χ2n) is 5.13. The Labute approximate surface area is 125 Å². The fraction of sp³-hybridized carbons (Fsp3) is 0.429. The van der Waals surface area contributed by atoms with Gasteiger partial charge in [-0.1, -0.05) is 0 Å². The lowest BCUT2D eigenvalue weighted by Crippen LogP contribution is -2.47. The second kappa shape index (κ2) is 6.78. The number of rotatable bonds is 3. The summed E-state index contributed by atoms with van der Waals surface area (Å²) in [5.74, 6) is -5.64. The van der Waals surface area contributed by atoms with Crippen LogP contribution >= 0.6 is 0 Å². The van der Waals surface area contributed by atoms with Crippen LogP contribution in [0.25, 0.3) is 0 Å². The molecule has 1 fully saturated rings. The van der Waals surface area contributed by atoms with Crippen LogP contribution in [0.4, 0.5) is 18.9 Å². The van der Waals surface area contributed by atoms with E-state index in [4.69, 9.17) is 0 Å². The molecule has 8 heteroatoms. The van der Waals surface area contributed by atoms with Crippen molar-refractivity contribution < 1.29 is 22.8 Å². The highest BCUT2D eigenvalue weighted by Crippen LogP contribution is 2.19. The van der Waals surface area contributed by atoms with Crippen molar-refractivity contribution in [2.24, 2.45) is 0 Å². The molecule has 2 amide bonds. The number of carbonyl (C=O) groups excluding carboxylic acids is 2. The summed E-state index contributed by atoms with van der Waals surface area (Å²) in [7, 11) is 1.93. The van der Waals surface area contributed by atoms with Crippen molar-refractivity contribution in [1.29, 1.82) is 0 Å². The number of likely N-dealkylation sites (N-methyl/N-ethyl adjacent to an activating group) is 1. The number of carbonyl (C=O) groups is 2. The van der Waals surface area contributed by atoms with Gasteiger partial charge in [0.15, 0.2) is 17.5 Å². The third kappa shape index (κ3) is 3.76. The molecule has 0 aromatic heterocycles. The average Bonchev–Trinajstić information content (AvgIpc) is 2.48. The molecule has 0 aliphatic carbocycles. The molecular weight excluding hydrogens is 299 g/mol. The maximum absolute atomic E-state index is 13.4. The molecule has 0 unspecified atom stereocenters. The predicted molar refractivity (Wildman–Crippen MR) is 73.6 cm³/mol. The van der Waals surface area contributed by atoms with E-state index in [2.05, 4.69) is 10.2 Å². The number of nitrogens with zero attached hydrogens (tertiary/aromatic N) is 2. The van der Waals surface area contributed by atoms with Gasteiger partial charge in [0.25, 0.3) is 0 Å². The summed E-state index contributed by atoms with van der Waals surface area (Å²) in [4.78, 5) is 27.3. The monoisotopic (exact) mass is 315 g/mol. The van der Waals surface area contributed by atoms with Gasteiger partial charge in [-0.25, -0.2) is 13.2 Å². The van der Waals surface area contributed by atoms with Crippen LogP contribution in [-0.2, 0) is 9.59 Å². The van der Waals surface area contributed by atoms with Crippen LogP contribution in [0.1, 0.15) is 6.42 Å². The zero-order chi connectivity index (χ0) is 16.3. The minimum absolute atomic E-state index is 0.381. The summed E-state index contributed by atoms with van der Waals surface area (Å²) >= 11 is 0. The number of hydrogen-bond donors (Lipinski definition) is 1. The van der Waals surface area contributed by atoms with Crippen molar-refractivity contribution in [3.05, 3.63) is 29.6 Å². The maximum Gasteiger partial charge on any atom is 0.233 e. The van der Waals surface area contributed by atoms with E-state index < -0.39 is 35.5 Å². The lowest BCUT2D eigenvalue weighted by molar-refractivity contribution is -0.135. The molecule has 22 heavy (non-hydrogen) atoms. The third-order valence-corrected chi connectivity index (χ3v) is 3.48. The van der Waals surface area contributed by atoms with Crippen LogP contribution in [0.15, 0.2) is 12.1 Å². The van der Waals surface area contributed by atoms with Gasteiger partial charge in [0.05, 0.1) is 5.69 Å². The molecule has 1 aliphatic rings. The molecule has 1 N–H and O–H groups in total. The van der Waals surface area contributed by atoms with Gasteiger partial charge in [-0.15, -0.1) is 0 Å². The Kier molecular flexibility index (Phi) is 5.02. The Morgan fingerprint density at radius 1 is 1.09 bits per heavy atom. The zero-order valence-electron chi connectivity index (χ0n) is 12.0. The summed E-state index contributed by atoms with van der Waals surface area (Å²) in [6.07, 6.45) is -0.470. The number of halogens is 3. The highest BCUT2D eigenvalue weighted by molar-refractivity contribution is 6.03. The standard InChI is InChI=1S/C14H16F3N3O2/c1-19-4-6-20(7-5-19)12(22)8-11(21)18-10-3-2-9(15)13(16)14(10)17/h2-3H,4-8H2,1H3,(H,18,21). The van der Waals surface area contributed by atoms with Gasteiger partial charge in [0.1, 0.15) is 6.42 Å². The number of benzene rings is 1. The summed E-state index contributed by atoms with van der Waals surface area (Å²) in [5, 5.41) is 2.08. The Hall–Kier alpha value is -2.09. The molecule has 0 atom stereocenters. The molecule has 1 aromatic rings. The third-order valence-electron chi connectivity index (χ3n) is 3.48. The van der Waals surface area contributed by atoms with Crippen LogP contribution < -0.4 is 5.32 Å². The summed E-state index contributed by atoms with van der Waals surface area (Å²) < 4.78 is 39.3. The minimum atomic E-state index is -1.66. The normalized spacial score (nSPS) is 15.7. The maximum atomic E-state index is 13.4. The molecular formula is C14H16F3N3O2. The number of anilines is 1. The summed E-state index contributed by atoms with van der Waals surface area (Å²) in [6, 6.07) is 1.61. The van der Waals surface area contributed by atoms with Crippen molar-refractivity contribution in [1.82, 2.24) is 9.80 Å². The van der Waals surface area contributed by atoms with E-state index in [0.29, 0.717) is 32.2 Å². The highest BCUT2D eigenvalue weighted by atomic mass is 19.2. The Bertz CT molecular complexity index is 587. The molecule has 0 bridgehead atoms. The average molecular weight is 315 g/mol. The van der Waals surface area contributed by atoms with E-state index in [1.165, 1.54) is 0 Å². The topological polar surface area (TPSA) is 52.7 Å². The first kappa shape index (κ1) is 16.3. The fourth-order valence-corrected chi connectivity index (χ4v) is 2.12. The number of nitrogens with one attached hydrogen (secondary N) is 1. The van der Waals surface area contributed by atoms with Gasteiger partial charge in [0.2, 0.25) is 11.8 Å². The number of piperazine rings is 1. The van der Waals surface area contributed by atoms with Crippen molar-refractivity contribution in [2.45, 2.75) is 6.42 Å². The molecule has 1 saturated heterocycles.